The molecular weight excluding hydrogens is 811 g/mol. The number of nitrogens with one attached hydrogen (secondary N) is 2. The third-order valence-corrected chi connectivity index (χ3v) is 10.6. The van der Waals surface area contributed by atoms with E-state index < -0.39 is 37.7 Å². The predicted molar refractivity (Wildman–Crippen MR) is 214 cm³/mol. The molecule has 15 nitrogen and oxygen atoms in total. The number of ether oxygens (including phenoxy) is 2. The molecule has 0 atom stereocenters. The molecule has 0 fully saturated rings. The fraction of sp³-hybridized carbons (Fsp3) is 0.175. The van der Waals surface area contributed by atoms with Crippen LogP contribution in [0.3, 0.4) is 0 Å². The molecule has 0 unspecified atom stereocenters. The molecule has 0 radical (unpaired) electrons. The predicted octanol–water partition coefficient (Wildman–Crippen LogP) is 5.46. The zero-order valence-electron chi connectivity index (χ0n) is 31.7. The molecule has 2 aliphatic rings. The Morgan fingerprint density at radius 1 is 0.627 bits per heavy atom. The van der Waals surface area contributed by atoms with Crippen molar-refractivity contribution in [2.45, 2.75) is 19.6 Å². The molecule has 3 amide bonds. The molecule has 0 aliphatic carbocycles. The number of hydrogen-bond donors (Lipinski definition) is 2. The minimum atomic E-state index is -3.77. The lowest BCUT2D eigenvalue weighted by Gasteiger charge is -2.16. The molecule has 59 heavy (non-hydrogen) atoms. The summed E-state index contributed by atoms with van der Waals surface area (Å²) in [7, 11) is -4.58. The van der Waals surface area contributed by atoms with E-state index in [2.05, 4.69) is 19.4 Å². The monoisotopic (exact) mass is 844 g/mol. The van der Waals surface area contributed by atoms with Crippen molar-refractivity contribution in [1.82, 2.24) is 19.8 Å². The SMILES string of the molecule is COc1c2c(c(NS(C)(=O)=O)c3cccnc13)C(=O)N(Cc1ccc(F)cc1)C2=O.COc1c2c(c(NS(C)(=O)=O)c3cccnc13)CN(Cc1ccc(F)cc1)C2=O. The Morgan fingerprint density at radius 2 is 1.08 bits per heavy atom. The van der Waals surface area contributed by atoms with Gasteiger partial charge in [-0.2, -0.15) is 0 Å². The van der Waals surface area contributed by atoms with E-state index in [9.17, 15) is 40.0 Å². The van der Waals surface area contributed by atoms with Gasteiger partial charge < -0.3 is 14.4 Å². The molecule has 2 aliphatic heterocycles. The maximum atomic E-state index is 13.2. The number of anilines is 2. The summed E-state index contributed by atoms with van der Waals surface area (Å²) in [6, 6.07) is 17.8. The van der Waals surface area contributed by atoms with E-state index in [-0.39, 0.29) is 65.0 Å². The minimum Gasteiger partial charge on any atom is -0.494 e. The molecule has 6 aromatic rings. The average Bonchev–Trinajstić information content (AvgIpc) is 3.64. The number of fused-ring (bicyclic) bond motifs is 4. The Kier molecular flexibility index (Phi) is 10.7. The highest BCUT2D eigenvalue weighted by molar-refractivity contribution is 7.92. The number of nitrogens with zero attached hydrogens (tertiary/aromatic N) is 4. The van der Waals surface area contributed by atoms with E-state index in [0.29, 0.717) is 38.9 Å². The fourth-order valence-corrected chi connectivity index (χ4v) is 8.23. The van der Waals surface area contributed by atoms with E-state index in [0.717, 1.165) is 23.0 Å². The number of imide groups is 1. The summed E-state index contributed by atoms with van der Waals surface area (Å²) in [5, 5.41) is 0.869. The standard InChI is InChI=1S/C20H16FN3O5S.C20H18FN3O4S/c1-29-18-15-14(16(23-30(2,27)28)13-4-3-9-22-17(13)18)19(25)24(20(15)26)10-11-5-7-12(21)8-6-11;1-28-19-16-15(11-24(20(16)25)10-12-5-7-13(21)8-6-12)17(23-29(2,26)27)14-4-3-9-22-18(14)19/h3-9,23H,10H2,1-2H3;3-9,23H,10-11H2,1-2H3. The van der Waals surface area contributed by atoms with Crippen molar-refractivity contribution in [3.63, 3.8) is 0 Å². The van der Waals surface area contributed by atoms with Crippen molar-refractivity contribution >= 4 is 70.9 Å². The van der Waals surface area contributed by atoms with E-state index in [1.807, 2.05) is 0 Å². The molecule has 0 bridgehead atoms. The van der Waals surface area contributed by atoms with Gasteiger partial charge in [0.1, 0.15) is 22.7 Å². The van der Waals surface area contributed by atoms with Gasteiger partial charge in [0, 0.05) is 41.8 Å². The summed E-state index contributed by atoms with van der Waals surface area (Å²) in [6.45, 7) is 0.321. The van der Waals surface area contributed by atoms with Crippen LogP contribution in [0.25, 0.3) is 21.8 Å². The van der Waals surface area contributed by atoms with Crippen LogP contribution in [0.15, 0.2) is 85.2 Å². The van der Waals surface area contributed by atoms with Gasteiger partial charge in [0.2, 0.25) is 20.0 Å². The first-order chi connectivity index (χ1) is 28.0. The van der Waals surface area contributed by atoms with Crippen molar-refractivity contribution < 1.29 is 49.5 Å². The first kappa shape index (κ1) is 40.5. The Hall–Kier alpha value is -6.73. The summed E-state index contributed by atoms with van der Waals surface area (Å²) >= 11 is 0. The molecule has 0 saturated heterocycles. The normalized spacial score (nSPS) is 13.6. The minimum absolute atomic E-state index is 0.0312. The second-order valence-electron chi connectivity index (χ2n) is 13.6. The molecule has 19 heteroatoms. The van der Waals surface area contributed by atoms with Crippen LogP contribution in [-0.2, 0) is 39.7 Å². The van der Waals surface area contributed by atoms with Crippen LogP contribution in [-0.4, -0.2) is 81.1 Å². The number of carbonyl (C=O) groups is 3. The highest BCUT2D eigenvalue weighted by Crippen LogP contribution is 2.45. The molecule has 0 spiro atoms. The average molecular weight is 845 g/mol. The first-order valence-electron chi connectivity index (χ1n) is 17.6. The second kappa shape index (κ2) is 15.6. The van der Waals surface area contributed by atoms with Crippen LogP contribution < -0.4 is 18.9 Å². The lowest BCUT2D eigenvalue weighted by Crippen LogP contribution is -2.29. The van der Waals surface area contributed by atoms with Crippen molar-refractivity contribution in [3.05, 3.63) is 130 Å². The number of halogens is 2. The molecule has 4 aromatic carbocycles. The van der Waals surface area contributed by atoms with Crippen molar-refractivity contribution in [1.29, 1.82) is 0 Å². The van der Waals surface area contributed by atoms with Crippen molar-refractivity contribution in [2.24, 2.45) is 0 Å². The van der Waals surface area contributed by atoms with Gasteiger partial charge in [-0.3, -0.25) is 38.7 Å². The van der Waals surface area contributed by atoms with Crippen LogP contribution in [0.5, 0.6) is 11.5 Å². The highest BCUT2D eigenvalue weighted by atomic mass is 32.2. The quantitative estimate of drug-likeness (QED) is 0.166. The van der Waals surface area contributed by atoms with Crippen LogP contribution in [0.4, 0.5) is 20.2 Å². The van der Waals surface area contributed by atoms with Gasteiger partial charge in [-0.1, -0.05) is 24.3 Å². The number of rotatable bonds is 10. The summed E-state index contributed by atoms with van der Waals surface area (Å²) in [5.74, 6) is -2.05. The van der Waals surface area contributed by atoms with E-state index in [1.54, 1.807) is 47.5 Å². The summed E-state index contributed by atoms with van der Waals surface area (Å²) < 4.78 is 90.1. The Labute approximate surface area is 336 Å². The lowest BCUT2D eigenvalue weighted by molar-refractivity contribution is 0.0641. The largest absolute Gasteiger partial charge is 0.494 e. The number of hydrogen-bond acceptors (Lipinski definition) is 11. The molecule has 304 valence electrons. The van der Waals surface area contributed by atoms with Gasteiger partial charge in [-0.25, -0.2) is 25.6 Å². The number of sulfonamides is 2. The third kappa shape index (κ3) is 7.93. The zero-order chi connectivity index (χ0) is 42.4. The zero-order valence-corrected chi connectivity index (χ0v) is 33.4. The number of benzene rings is 4. The first-order valence-corrected chi connectivity index (χ1v) is 21.3. The Balaban J connectivity index is 0.000000179. The number of amides is 3. The Bertz CT molecular complexity index is 2930. The molecule has 8 rings (SSSR count). The number of aromatic nitrogens is 2. The lowest BCUT2D eigenvalue weighted by atomic mass is 10.0. The van der Waals surface area contributed by atoms with Gasteiger partial charge in [0.25, 0.3) is 17.7 Å². The van der Waals surface area contributed by atoms with E-state index >= 15 is 0 Å². The van der Waals surface area contributed by atoms with E-state index in [1.165, 1.54) is 56.8 Å². The fourth-order valence-electron chi connectivity index (χ4n) is 7.04. The van der Waals surface area contributed by atoms with Crippen LogP contribution in [0.2, 0.25) is 0 Å². The number of carbonyl (C=O) groups excluding carboxylic acids is 3. The number of methoxy groups -OCH3 is 2. The van der Waals surface area contributed by atoms with Gasteiger partial charge >= 0.3 is 0 Å². The molecule has 2 N–H and O–H groups in total. The summed E-state index contributed by atoms with van der Waals surface area (Å²) in [5.41, 5.74) is 2.86. The molecule has 0 saturated carbocycles. The second-order valence-corrected chi connectivity index (χ2v) is 17.1. The van der Waals surface area contributed by atoms with Crippen LogP contribution in [0, 0.1) is 11.6 Å². The number of pyridine rings is 2. The maximum Gasteiger partial charge on any atom is 0.265 e. The van der Waals surface area contributed by atoms with Gasteiger partial charge in [-0.15, -0.1) is 0 Å². The highest BCUT2D eigenvalue weighted by Gasteiger charge is 2.43. The van der Waals surface area contributed by atoms with Gasteiger partial charge in [0.15, 0.2) is 11.5 Å². The maximum absolute atomic E-state index is 13.2. The molecule has 4 heterocycles. The van der Waals surface area contributed by atoms with E-state index in [4.69, 9.17) is 9.47 Å². The van der Waals surface area contributed by atoms with Crippen molar-refractivity contribution in [3.8, 4) is 11.5 Å². The van der Waals surface area contributed by atoms with Gasteiger partial charge in [0.05, 0.1) is 61.3 Å². The van der Waals surface area contributed by atoms with Gasteiger partial charge in [-0.05, 0) is 59.7 Å². The smallest absolute Gasteiger partial charge is 0.265 e. The third-order valence-electron chi connectivity index (χ3n) is 9.43. The Morgan fingerprint density at radius 3 is 1.59 bits per heavy atom. The molecular formula is C40H34F2N6O9S2. The van der Waals surface area contributed by atoms with Crippen LogP contribution in [0.1, 0.15) is 47.8 Å². The van der Waals surface area contributed by atoms with Crippen LogP contribution >= 0.6 is 0 Å². The summed E-state index contributed by atoms with van der Waals surface area (Å²) in [4.78, 5) is 50.6. The topological polar surface area (TPSA) is 194 Å². The van der Waals surface area contributed by atoms with Crippen molar-refractivity contribution in [2.75, 3.05) is 36.2 Å². The molecule has 2 aromatic heterocycles. The summed E-state index contributed by atoms with van der Waals surface area (Å²) in [6.07, 6.45) is 5.03.